The summed E-state index contributed by atoms with van der Waals surface area (Å²) in [5.41, 5.74) is 6.68. The fourth-order valence-corrected chi connectivity index (χ4v) is 2.22. The number of benzene rings is 1. The number of hydrogen-bond acceptors (Lipinski definition) is 1. The van der Waals surface area contributed by atoms with Crippen LogP contribution in [0.5, 0.6) is 0 Å². The van der Waals surface area contributed by atoms with E-state index in [9.17, 15) is 0 Å². The number of nitrogens with zero attached hydrogens (tertiary/aromatic N) is 1. The molecule has 0 amide bonds. The van der Waals surface area contributed by atoms with Crippen molar-refractivity contribution in [1.82, 2.24) is 4.90 Å². The van der Waals surface area contributed by atoms with E-state index in [0.717, 1.165) is 6.42 Å². The van der Waals surface area contributed by atoms with Gasteiger partial charge < -0.3 is 4.90 Å². The van der Waals surface area contributed by atoms with Crippen molar-refractivity contribution >= 4 is 5.57 Å². The first-order chi connectivity index (χ1) is 8.09. The first kappa shape index (κ1) is 12.0. The van der Waals surface area contributed by atoms with Crippen molar-refractivity contribution in [2.24, 2.45) is 0 Å². The van der Waals surface area contributed by atoms with Gasteiger partial charge in [-0.05, 0) is 49.5 Å². The number of aryl methyl sites for hydroxylation is 2. The molecule has 1 aliphatic carbocycles. The van der Waals surface area contributed by atoms with Crippen molar-refractivity contribution in [2.75, 3.05) is 14.1 Å². The second-order valence-electron chi connectivity index (χ2n) is 4.85. The highest BCUT2D eigenvalue weighted by Crippen LogP contribution is 2.31. The lowest BCUT2D eigenvalue weighted by Crippen LogP contribution is -2.14. The van der Waals surface area contributed by atoms with Gasteiger partial charge in [0.05, 0.1) is 0 Å². The molecule has 89 valence electrons. The van der Waals surface area contributed by atoms with Crippen molar-refractivity contribution in [2.45, 2.75) is 20.3 Å². The fraction of sp³-hybridized carbons (Fsp3) is 0.312. The Morgan fingerprint density at radius 3 is 2.59 bits per heavy atom. The Kier molecular flexibility index (Phi) is 3.37. The number of likely N-dealkylation sites (N-methyl/N-ethyl adjacent to an activating group) is 1. The third kappa shape index (κ3) is 2.44. The van der Waals surface area contributed by atoms with Crippen LogP contribution in [0, 0.1) is 20.3 Å². The van der Waals surface area contributed by atoms with Crippen molar-refractivity contribution in [3.63, 3.8) is 0 Å². The van der Waals surface area contributed by atoms with E-state index in [4.69, 9.17) is 0 Å². The second kappa shape index (κ2) is 4.79. The second-order valence-corrected chi connectivity index (χ2v) is 4.85. The Morgan fingerprint density at radius 1 is 1.12 bits per heavy atom. The molecule has 0 aliphatic heterocycles. The van der Waals surface area contributed by atoms with Gasteiger partial charge in [-0.15, -0.1) is 0 Å². The third-order valence-electron chi connectivity index (χ3n) is 3.17. The third-order valence-corrected chi connectivity index (χ3v) is 3.17. The molecule has 0 unspecified atom stereocenters. The SMILES string of the molecule is Cc1ccc(C)c(C2=C(N(C)C)C=CC[CH]2)c1. The summed E-state index contributed by atoms with van der Waals surface area (Å²) in [5, 5.41) is 0. The predicted molar refractivity (Wildman–Crippen MR) is 74.6 cm³/mol. The van der Waals surface area contributed by atoms with Crippen LogP contribution >= 0.6 is 0 Å². The minimum atomic E-state index is 1.03. The molecule has 1 heteroatoms. The van der Waals surface area contributed by atoms with E-state index >= 15 is 0 Å². The number of allylic oxidation sites excluding steroid dienone is 3. The summed E-state index contributed by atoms with van der Waals surface area (Å²) in [5.74, 6) is 0. The lowest BCUT2D eigenvalue weighted by molar-refractivity contribution is 0.530. The smallest absolute Gasteiger partial charge is 0.0399 e. The van der Waals surface area contributed by atoms with E-state index in [0.29, 0.717) is 0 Å². The van der Waals surface area contributed by atoms with Gasteiger partial charge in [0.25, 0.3) is 0 Å². The van der Waals surface area contributed by atoms with E-state index in [1.807, 2.05) is 0 Å². The summed E-state index contributed by atoms with van der Waals surface area (Å²) in [6.07, 6.45) is 7.78. The summed E-state index contributed by atoms with van der Waals surface area (Å²) >= 11 is 0. The molecule has 0 aromatic heterocycles. The first-order valence-electron chi connectivity index (χ1n) is 6.08. The van der Waals surface area contributed by atoms with Gasteiger partial charge in [-0.1, -0.05) is 29.8 Å². The van der Waals surface area contributed by atoms with Crippen LogP contribution in [0.3, 0.4) is 0 Å². The Hall–Kier alpha value is -1.50. The van der Waals surface area contributed by atoms with Gasteiger partial charge in [0.2, 0.25) is 0 Å². The molecule has 1 aromatic rings. The molecule has 1 radical (unpaired) electrons. The summed E-state index contributed by atoms with van der Waals surface area (Å²) in [4.78, 5) is 2.18. The van der Waals surface area contributed by atoms with E-state index in [2.05, 4.69) is 69.6 Å². The average Bonchev–Trinajstić information content (AvgIpc) is 2.32. The molecule has 0 atom stereocenters. The Labute approximate surface area is 104 Å². The van der Waals surface area contributed by atoms with Gasteiger partial charge in [0.1, 0.15) is 0 Å². The standard InChI is InChI=1S/C16H20N/c1-12-9-10-13(2)15(11-12)14-7-5-6-8-16(14)17(3)4/h6-11H,5H2,1-4H3. The summed E-state index contributed by atoms with van der Waals surface area (Å²) in [6, 6.07) is 6.66. The van der Waals surface area contributed by atoms with Crippen molar-refractivity contribution < 1.29 is 0 Å². The van der Waals surface area contributed by atoms with Crippen LogP contribution in [0.15, 0.2) is 36.0 Å². The molecule has 1 aliphatic rings. The molecule has 0 fully saturated rings. The molecule has 0 saturated carbocycles. The zero-order valence-electron chi connectivity index (χ0n) is 11.1. The Balaban J connectivity index is 2.57. The normalized spacial score (nSPS) is 15.3. The van der Waals surface area contributed by atoms with Crippen LogP contribution in [0.2, 0.25) is 0 Å². The van der Waals surface area contributed by atoms with Crippen LogP contribution in [-0.4, -0.2) is 19.0 Å². The topological polar surface area (TPSA) is 3.24 Å². The zero-order valence-corrected chi connectivity index (χ0v) is 11.1. The molecule has 17 heavy (non-hydrogen) atoms. The molecule has 1 nitrogen and oxygen atoms in total. The lowest BCUT2D eigenvalue weighted by atomic mass is 9.91. The fourth-order valence-electron chi connectivity index (χ4n) is 2.22. The minimum absolute atomic E-state index is 1.03. The monoisotopic (exact) mass is 226 g/mol. The molecule has 0 saturated heterocycles. The maximum Gasteiger partial charge on any atom is 0.0399 e. The predicted octanol–water partition coefficient (Wildman–Crippen LogP) is 3.74. The van der Waals surface area contributed by atoms with Gasteiger partial charge in [-0.2, -0.15) is 0 Å². The van der Waals surface area contributed by atoms with Gasteiger partial charge in [0, 0.05) is 19.8 Å². The molecule has 0 spiro atoms. The molecular formula is C16H20N. The average molecular weight is 226 g/mol. The van der Waals surface area contributed by atoms with Gasteiger partial charge in [0.15, 0.2) is 0 Å². The highest BCUT2D eigenvalue weighted by molar-refractivity contribution is 5.79. The van der Waals surface area contributed by atoms with Crippen LogP contribution in [0.1, 0.15) is 23.1 Å². The van der Waals surface area contributed by atoms with E-state index < -0.39 is 0 Å². The first-order valence-corrected chi connectivity index (χ1v) is 6.08. The largest absolute Gasteiger partial charge is 0.377 e. The zero-order chi connectivity index (χ0) is 12.4. The summed E-state index contributed by atoms with van der Waals surface area (Å²) in [7, 11) is 4.20. The van der Waals surface area contributed by atoms with Gasteiger partial charge >= 0.3 is 0 Å². The molecule has 0 heterocycles. The maximum absolute atomic E-state index is 2.32. The van der Waals surface area contributed by atoms with E-state index in [1.54, 1.807) is 0 Å². The van der Waals surface area contributed by atoms with Crippen molar-refractivity contribution in [1.29, 1.82) is 0 Å². The summed E-state index contributed by atoms with van der Waals surface area (Å²) < 4.78 is 0. The molecular weight excluding hydrogens is 206 g/mol. The quantitative estimate of drug-likeness (QED) is 0.742. The van der Waals surface area contributed by atoms with Crippen LogP contribution in [0.4, 0.5) is 0 Å². The highest BCUT2D eigenvalue weighted by Gasteiger charge is 2.14. The van der Waals surface area contributed by atoms with E-state index in [1.165, 1.54) is 28.0 Å². The lowest BCUT2D eigenvalue weighted by Gasteiger charge is -2.23. The highest BCUT2D eigenvalue weighted by atomic mass is 15.1. The summed E-state index contributed by atoms with van der Waals surface area (Å²) in [6.45, 7) is 4.33. The molecule has 1 aromatic carbocycles. The van der Waals surface area contributed by atoms with Gasteiger partial charge in [-0.25, -0.2) is 0 Å². The van der Waals surface area contributed by atoms with Crippen LogP contribution in [-0.2, 0) is 0 Å². The minimum Gasteiger partial charge on any atom is -0.377 e. The van der Waals surface area contributed by atoms with Crippen molar-refractivity contribution in [3.05, 3.63) is 59.2 Å². The van der Waals surface area contributed by atoms with Crippen LogP contribution in [0.25, 0.3) is 5.57 Å². The Morgan fingerprint density at radius 2 is 1.88 bits per heavy atom. The van der Waals surface area contributed by atoms with Gasteiger partial charge in [-0.3, -0.25) is 0 Å². The van der Waals surface area contributed by atoms with E-state index in [-0.39, 0.29) is 0 Å². The molecule has 0 N–H and O–H groups in total. The van der Waals surface area contributed by atoms with Crippen LogP contribution < -0.4 is 0 Å². The molecule has 2 rings (SSSR count). The maximum atomic E-state index is 2.32. The Bertz CT molecular complexity index is 478. The number of hydrogen-bond donors (Lipinski definition) is 0. The van der Waals surface area contributed by atoms with Crippen molar-refractivity contribution in [3.8, 4) is 0 Å². The molecule has 0 bridgehead atoms. The number of rotatable bonds is 2.